The van der Waals surface area contributed by atoms with Gasteiger partial charge in [-0.3, -0.25) is 9.80 Å². The van der Waals surface area contributed by atoms with Crippen LogP contribution in [-0.4, -0.2) is 77.0 Å². The van der Waals surface area contributed by atoms with Crippen LogP contribution in [0.3, 0.4) is 0 Å². The number of sulfonamides is 1. The molecule has 0 atom stereocenters. The fourth-order valence-electron chi connectivity index (χ4n) is 3.02. The summed E-state index contributed by atoms with van der Waals surface area (Å²) >= 11 is 0. The van der Waals surface area contributed by atoms with E-state index in [1.54, 1.807) is 7.11 Å². The molecule has 0 spiro atoms. The number of piperazine rings is 1. The SMILES string of the molecule is COCCCS(=O)(=O)NCCN1CCN(Cc2ccccc2C)CC1. The molecule has 1 fully saturated rings. The van der Waals surface area contributed by atoms with Crippen LogP contribution < -0.4 is 4.72 Å². The van der Waals surface area contributed by atoms with Gasteiger partial charge < -0.3 is 4.74 Å². The number of hydrogen-bond acceptors (Lipinski definition) is 5. The number of nitrogens with zero attached hydrogens (tertiary/aromatic N) is 2. The van der Waals surface area contributed by atoms with Gasteiger partial charge in [0.05, 0.1) is 5.75 Å². The van der Waals surface area contributed by atoms with E-state index in [1.807, 2.05) is 0 Å². The molecule has 1 aliphatic rings. The molecule has 0 saturated carbocycles. The van der Waals surface area contributed by atoms with E-state index in [-0.39, 0.29) is 5.75 Å². The highest BCUT2D eigenvalue weighted by Gasteiger charge is 2.18. The number of methoxy groups -OCH3 is 1. The van der Waals surface area contributed by atoms with Gasteiger partial charge in [-0.15, -0.1) is 0 Å². The first kappa shape index (κ1) is 20.3. The van der Waals surface area contributed by atoms with Crippen LogP contribution in [0.25, 0.3) is 0 Å². The topological polar surface area (TPSA) is 61.9 Å². The zero-order chi connectivity index (χ0) is 18.1. The van der Waals surface area contributed by atoms with Gasteiger partial charge in [0.25, 0.3) is 0 Å². The van der Waals surface area contributed by atoms with E-state index in [0.29, 0.717) is 19.6 Å². The average Bonchev–Trinajstić information content (AvgIpc) is 2.58. The lowest BCUT2D eigenvalue weighted by molar-refractivity contribution is 0.129. The Hall–Kier alpha value is -0.990. The van der Waals surface area contributed by atoms with Gasteiger partial charge in [-0.05, 0) is 24.5 Å². The molecular formula is C18H31N3O3S. The third kappa shape index (κ3) is 7.42. The van der Waals surface area contributed by atoms with E-state index in [1.165, 1.54) is 11.1 Å². The van der Waals surface area contributed by atoms with Crippen LogP contribution in [-0.2, 0) is 21.3 Å². The Morgan fingerprint density at radius 3 is 2.48 bits per heavy atom. The van der Waals surface area contributed by atoms with Crippen molar-refractivity contribution in [2.24, 2.45) is 0 Å². The zero-order valence-corrected chi connectivity index (χ0v) is 16.2. The highest BCUT2D eigenvalue weighted by molar-refractivity contribution is 7.89. The first-order valence-electron chi connectivity index (χ1n) is 8.95. The van der Waals surface area contributed by atoms with Gasteiger partial charge in [-0.25, -0.2) is 13.1 Å². The number of hydrogen-bond donors (Lipinski definition) is 1. The predicted octanol–water partition coefficient (Wildman–Crippen LogP) is 1.07. The quantitative estimate of drug-likeness (QED) is 0.625. The fourth-order valence-corrected chi connectivity index (χ4v) is 4.07. The van der Waals surface area contributed by atoms with Gasteiger partial charge in [0.15, 0.2) is 0 Å². The summed E-state index contributed by atoms with van der Waals surface area (Å²) < 4.78 is 31.3. The normalized spacial score (nSPS) is 17.0. The number of benzene rings is 1. The number of aryl methyl sites for hydroxylation is 1. The van der Waals surface area contributed by atoms with Crippen LogP contribution >= 0.6 is 0 Å². The molecule has 6 nitrogen and oxygen atoms in total. The minimum absolute atomic E-state index is 0.130. The Bertz CT molecular complexity index is 614. The van der Waals surface area contributed by atoms with E-state index >= 15 is 0 Å². The van der Waals surface area contributed by atoms with Crippen molar-refractivity contribution in [3.63, 3.8) is 0 Å². The molecule has 2 rings (SSSR count). The lowest BCUT2D eigenvalue weighted by Gasteiger charge is -2.35. The minimum atomic E-state index is -3.18. The van der Waals surface area contributed by atoms with Crippen LogP contribution in [0.4, 0.5) is 0 Å². The molecule has 0 aliphatic carbocycles. The Morgan fingerprint density at radius 2 is 1.80 bits per heavy atom. The molecule has 1 aromatic rings. The molecule has 0 amide bonds. The molecule has 0 radical (unpaired) electrons. The summed E-state index contributed by atoms with van der Waals surface area (Å²) in [4.78, 5) is 4.79. The first-order valence-corrected chi connectivity index (χ1v) is 10.6. The molecular weight excluding hydrogens is 338 g/mol. The minimum Gasteiger partial charge on any atom is -0.385 e. The number of nitrogens with one attached hydrogen (secondary N) is 1. The van der Waals surface area contributed by atoms with Crippen molar-refractivity contribution >= 4 is 10.0 Å². The Kier molecular flexibility index (Phi) is 8.32. The van der Waals surface area contributed by atoms with Crippen LogP contribution in [0.1, 0.15) is 17.5 Å². The summed E-state index contributed by atoms with van der Waals surface area (Å²) in [6.07, 6.45) is 0.531. The van der Waals surface area contributed by atoms with Crippen molar-refractivity contribution < 1.29 is 13.2 Å². The molecule has 1 aliphatic heterocycles. The average molecular weight is 370 g/mol. The molecule has 1 heterocycles. The summed E-state index contributed by atoms with van der Waals surface area (Å²) in [7, 11) is -1.60. The van der Waals surface area contributed by atoms with E-state index in [4.69, 9.17) is 4.74 Å². The van der Waals surface area contributed by atoms with Crippen molar-refractivity contribution in [1.29, 1.82) is 0 Å². The highest BCUT2D eigenvalue weighted by Crippen LogP contribution is 2.12. The van der Waals surface area contributed by atoms with Crippen LogP contribution in [0.2, 0.25) is 0 Å². The predicted molar refractivity (Wildman–Crippen MR) is 101 cm³/mol. The van der Waals surface area contributed by atoms with Gasteiger partial charge in [-0.2, -0.15) is 0 Å². The zero-order valence-electron chi connectivity index (χ0n) is 15.4. The molecule has 0 bridgehead atoms. The van der Waals surface area contributed by atoms with Gasteiger partial charge in [0.1, 0.15) is 0 Å². The molecule has 142 valence electrons. The largest absolute Gasteiger partial charge is 0.385 e. The van der Waals surface area contributed by atoms with Gasteiger partial charge in [0.2, 0.25) is 10.0 Å². The summed E-state index contributed by atoms with van der Waals surface area (Å²) in [5.41, 5.74) is 2.73. The monoisotopic (exact) mass is 369 g/mol. The van der Waals surface area contributed by atoms with Gasteiger partial charge in [-0.1, -0.05) is 24.3 Å². The maximum atomic E-state index is 11.8. The van der Waals surface area contributed by atoms with Crippen molar-refractivity contribution in [2.45, 2.75) is 19.9 Å². The van der Waals surface area contributed by atoms with E-state index in [0.717, 1.165) is 39.3 Å². The fraction of sp³-hybridized carbons (Fsp3) is 0.667. The van der Waals surface area contributed by atoms with Crippen molar-refractivity contribution in [2.75, 3.05) is 58.7 Å². The van der Waals surface area contributed by atoms with Crippen LogP contribution in [0.15, 0.2) is 24.3 Å². The van der Waals surface area contributed by atoms with E-state index in [2.05, 4.69) is 45.7 Å². The van der Waals surface area contributed by atoms with Crippen molar-refractivity contribution in [1.82, 2.24) is 14.5 Å². The number of rotatable bonds is 10. The summed E-state index contributed by atoms with van der Waals surface area (Å²) in [5, 5.41) is 0. The molecule has 0 aromatic heterocycles. The second-order valence-electron chi connectivity index (χ2n) is 6.60. The molecule has 1 N–H and O–H groups in total. The standard InChI is InChI=1S/C18H31N3O3S/c1-17-6-3-4-7-18(17)16-21-12-10-20(11-13-21)9-8-19-25(22,23)15-5-14-24-2/h3-4,6-7,19H,5,8-16H2,1-2H3. The van der Waals surface area contributed by atoms with Crippen LogP contribution in [0.5, 0.6) is 0 Å². The molecule has 1 saturated heterocycles. The van der Waals surface area contributed by atoms with Crippen LogP contribution in [0, 0.1) is 6.92 Å². The van der Waals surface area contributed by atoms with Crippen molar-refractivity contribution in [3.05, 3.63) is 35.4 Å². The number of ether oxygens (including phenoxy) is 1. The lowest BCUT2D eigenvalue weighted by Crippen LogP contribution is -2.48. The van der Waals surface area contributed by atoms with E-state index in [9.17, 15) is 8.42 Å². The third-order valence-corrected chi connectivity index (χ3v) is 6.10. The Labute approximate surface area is 152 Å². The first-order chi connectivity index (χ1) is 12.0. The Balaban J connectivity index is 1.64. The second kappa shape index (κ2) is 10.2. The van der Waals surface area contributed by atoms with Gasteiger partial charge in [0, 0.05) is 59.5 Å². The highest BCUT2D eigenvalue weighted by atomic mass is 32.2. The van der Waals surface area contributed by atoms with Gasteiger partial charge >= 0.3 is 0 Å². The smallest absolute Gasteiger partial charge is 0.211 e. The maximum Gasteiger partial charge on any atom is 0.211 e. The maximum absolute atomic E-state index is 11.8. The molecule has 0 unspecified atom stereocenters. The third-order valence-electron chi connectivity index (χ3n) is 4.63. The van der Waals surface area contributed by atoms with Crippen molar-refractivity contribution in [3.8, 4) is 0 Å². The summed E-state index contributed by atoms with van der Waals surface area (Å²) in [6.45, 7) is 8.88. The second-order valence-corrected chi connectivity index (χ2v) is 8.53. The molecule has 25 heavy (non-hydrogen) atoms. The summed E-state index contributed by atoms with van der Waals surface area (Å²) in [5.74, 6) is 0.130. The molecule has 1 aromatic carbocycles. The molecule has 7 heteroatoms. The summed E-state index contributed by atoms with van der Waals surface area (Å²) in [6, 6.07) is 8.52. The Morgan fingerprint density at radius 1 is 1.12 bits per heavy atom. The van der Waals surface area contributed by atoms with E-state index < -0.39 is 10.0 Å². The lowest BCUT2D eigenvalue weighted by atomic mass is 10.1.